The Morgan fingerprint density at radius 1 is 1.32 bits per heavy atom. The fourth-order valence-electron chi connectivity index (χ4n) is 1.80. The van der Waals surface area contributed by atoms with Crippen LogP contribution in [0.4, 0.5) is 4.39 Å². The summed E-state index contributed by atoms with van der Waals surface area (Å²) < 4.78 is 13.6. The SMILES string of the molecule is CC(NC(=O)C(N)c1cccs1)c1ccccc1F. The number of hydrogen-bond donors (Lipinski definition) is 2. The van der Waals surface area contributed by atoms with Crippen molar-refractivity contribution >= 4 is 17.2 Å². The van der Waals surface area contributed by atoms with Gasteiger partial charge in [-0.2, -0.15) is 0 Å². The normalized spacial score (nSPS) is 13.8. The molecule has 2 aromatic rings. The Kier molecular flexibility index (Phi) is 4.29. The molecule has 1 heterocycles. The lowest BCUT2D eigenvalue weighted by Crippen LogP contribution is -2.35. The maximum absolute atomic E-state index is 13.6. The second-order valence-corrected chi connectivity index (χ2v) is 5.22. The maximum atomic E-state index is 13.6. The van der Waals surface area contributed by atoms with E-state index in [1.54, 1.807) is 25.1 Å². The first-order valence-corrected chi connectivity index (χ1v) is 6.81. The minimum absolute atomic E-state index is 0.307. The summed E-state index contributed by atoms with van der Waals surface area (Å²) in [6.45, 7) is 1.73. The lowest BCUT2D eigenvalue weighted by molar-refractivity contribution is -0.123. The molecule has 1 aromatic carbocycles. The van der Waals surface area contributed by atoms with Crippen molar-refractivity contribution < 1.29 is 9.18 Å². The van der Waals surface area contributed by atoms with Crippen molar-refractivity contribution in [3.05, 3.63) is 58.0 Å². The van der Waals surface area contributed by atoms with E-state index in [1.807, 2.05) is 17.5 Å². The van der Waals surface area contributed by atoms with Crippen LogP contribution >= 0.6 is 11.3 Å². The number of rotatable bonds is 4. The van der Waals surface area contributed by atoms with Crippen LogP contribution in [0.1, 0.15) is 29.4 Å². The molecule has 0 saturated heterocycles. The summed E-state index contributed by atoms with van der Waals surface area (Å²) in [6, 6.07) is 8.89. The average Bonchev–Trinajstić information content (AvgIpc) is 2.92. The van der Waals surface area contributed by atoms with E-state index in [0.717, 1.165) is 4.88 Å². The Hall–Kier alpha value is -1.72. The molecule has 0 aliphatic rings. The number of carbonyl (C=O) groups excluding carboxylic acids is 1. The molecule has 2 atom stereocenters. The highest BCUT2D eigenvalue weighted by molar-refractivity contribution is 7.10. The Morgan fingerprint density at radius 3 is 2.68 bits per heavy atom. The number of carbonyl (C=O) groups is 1. The first-order valence-electron chi connectivity index (χ1n) is 5.93. The molecule has 0 bridgehead atoms. The quantitative estimate of drug-likeness (QED) is 0.903. The summed E-state index contributed by atoms with van der Waals surface area (Å²) in [5, 5.41) is 4.59. The lowest BCUT2D eigenvalue weighted by Gasteiger charge is -2.17. The van der Waals surface area contributed by atoms with Gasteiger partial charge in [0, 0.05) is 10.4 Å². The molecule has 100 valence electrons. The monoisotopic (exact) mass is 278 g/mol. The van der Waals surface area contributed by atoms with Gasteiger partial charge >= 0.3 is 0 Å². The van der Waals surface area contributed by atoms with Crippen LogP contribution in [0.25, 0.3) is 0 Å². The zero-order chi connectivity index (χ0) is 13.8. The highest BCUT2D eigenvalue weighted by atomic mass is 32.1. The van der Waals surface area contributed by atoms with Crippen molar-refractivity contribution in [1.29, 1.82) is 0 Å². The molecular weight excluding hydrogens is 263 g/mol. The van der Waals surface area contributed by atoms with E-state index < -0.39 is 12.1 Å². The van der Waals surface area contributed by atoms with Gasteiger partial charge in [0.05, 0.1) is 6.04 Å². The van der Waals surface area contributed by atoms with Crippen molar-refractivity contribution in [2.24, 2.45) is 5.73 Å². The molecule has 3 N–H and O–H groups in total. The molecule has 1 amide bonds. The van der Waals surface area contributed by atoms with Gasteiger partial charge in [0.15, 0.2) is 0 Å². The third-order valence-corrected chi connectivity index (χ3v) is 3.82. The second kappa shape index (κ2) is 5.95. The lowest BCUT2D eigenvalue weighted by atomic mass is 10.1. The molecule has 1 aromatic heterocycles. The molecule has 19 heavy (non-hydrogen) atoms. The zero-order valence-corrected chi connectivity index (χ0v) is 11.3. The van der Waals surface area contributed by atoms with Gasteiger partial charge in [-0.15, -0.1) is 11.3 Å². The van der Waals surface area contributed by atoms with Crippen molar-refractivity contribution in [3.63, 3.8) is 0 Å². The molecule has 0 aliphatic heterocycles. The standard InChI is InChI=1S/C14H15FN2OS/c1-9(10-5-2-3-6-11(10)15)17-14(18)13(16)12-7-4-8-19-12/h2-9,13H,16H2,1H3,(H,17,18). The third kappa shape index (κ3) is 3.19. The summed E-state index contributed by atoms with van der Waals surface area (Å²) >= 11 is 1.43. The van der Waals surface area contributed by atoms with Crippen LogP contribution in [-0.4, -0.2) is 5.91 Å². The van der Waals surface area contributed by atoms with Crippen LogP contribution < -0.4 is 11.1 Å². The zero-order valence-electron chi connectivity index (χ0n) is 10.5. The summed E-state index contributed by atoms with van der Waals surface area (Å²) in [5.41, 5.74) is 6.31. The fraction of sp³-hybridized carbons (Fsp3) is 0.214. The molecule has 0 saturated carbocycles. The number of amides is 1. The van der Waals surface area contributed by atoms with Gasteiger partial charge in [0.1, 0.15) is 11.9 Å². The van der Waals surface area contributed by atoms with Gasteiger partial charge in [-0.05, 0) is 24.4 Å². The van der Waals surface area contributed by atoms with Crippen molar-refractivity contribution in [3.8, 4) is 0 Å². The van der Waals surface area contributed by atoms with Crippen LogP contribution in [0, 0.1) is 5.82 Å². The molecule has 0 spiro atoms. The van der Waals surface area contributed by atoms with Crippen molar-refractivity contribution in [1.82, 2.24) is 5.32 Å². The number of nitrogens with two attached hydrogens (primary N) is 1. The Bertz CT molecular complexity index is 556. The summed E-state index contributed by atoms with van der Waals surface area (Å²) in [6.07, 6.45) is 0. The smallest absolute Gasteiger partial charge is 0.242 e. The first-order chi connectivity index (χ1) is 9.09. The number of nitrogens with one attached hydrogen (secondary N) is 1. The van der Waals surface area contributed by atoms with E-state index in [1.165, 1.54) is 17.4 Å². The van der Waals surface area contributed by atoms with E-state index in [4.69, 9.17) is 5.73 Å². The van der Waals surface area contributed by atoms with Crippen LogP contribution in [0.3, 0.4) is 0 Å². The molecular formula is C14H15FN2OS. The van der Waals surface area contributed by atoms with Gasteiger partial charge in [0.25, 0.3) is 0 Å². The van der Waals surface area contributed by atoms with Gasteiger partial charge in [-0.1, -0.05) is 24.3 Å². The Morgan fingerprint density at radius 2 is 2.05 bits per heavy atom. The predicted octanol–water partition coefficient (Wildman–Crippen LogP) is 2.76. The molecule has 2 unspecified atom stereocenters. The van der Waals surface area contributed by atoms with Gasteiger partial charge in [-0.25, -0.2) is 4.39 Å². The second-order valence-electron chi connectivity index (χ2n) is 4.24. The van der Waals surface area contributed by atoms with Gasteiger partial charge < -0.3 is 11.1 Å². The molecule has 0 fully saturated rings. The minimum atomic E-state index is -0.714. The molecule has 5 heteroatoms. The number of benzene rings is 1. The molecule has 2 rings (SSSR count). The highest BCUT2D eigenvalue weighted by Crippen LogP contribution is 2.20. The van der Waals surface area contributed by atoms with Crippen LogP contribution in [0.2, 0.25) is 0 Å². The van der Waals surface area contributed by atoms with E-state index in [9.17, 15) is 9.18 Å². The highest BCUT2D eigenvalue weighted by Gasteiger charge is 2.20. The van der Waals surface area contributed by atoms with Crippen molar-refractivity contribution in [2.75, 3.05) is 0 Å². The Labute approximate surface area is 115 Å². The number of hydrogen-bond acceptors (Lipinski definition) is 3. The fourth-order valence-corrected chi connectivity index (χ4v) is 2.53. The molecule has 0 radical (unpaired) electrons. The van der Waals surface area contributed by atoms with E-state index in [-0.39, 0.29) is 11.7 Å². The van der Waals surface area contributed by atoms with E-state index in [0.29, 0.717) is 5.56 Å². The van der Waals surface area contributed by atoms with Crippen LogP contribution in [0.15, 0.2) is 41.8 Å². The summed E-state index contributed by atoms with van der Waals surface area (Å²) in [7, 11) is 0. The van der Waals surface area contributed by atoms with Crippen LogP contribution in [-0.2, 0) is 4.79 Å². The topological polar surface area (TPSA) is 55.1 Å². The van der Waals surface area contributed by atoms with Gasteiger partial charge in [0.2, 0.25) is 5.91 Å². The summed E-state index contributed by atoms with van der Waals surface area (Å²) in [4.78, 5) is 12.8. The van der Waals surface area contributed by atoms with E-state index >= 15 is 0 Å². The van der Waals surface area contributed by atoms with Crippen LogP contribution in [0.5, 0.6) is 0 Å². The minimum Gasteiger partial charge on any atom is -0.348 e. The largest absolute Gasteiger partial charge is 0.348 e. The average molecular weight is 278 g/mol. The van der Waals surface area contributed by atoms with Gasteiger partial charge in [-0.3, -0.25) is 4.79 Å². The Balaban J connectivity index is 2.05. The third-order valence-electron chi connectivity index (χ3n) is 2.86. The van der Waals surface area contributed by atoms with E-state index in [2.05, 4.69) is 5.32 Å². The molecule has 3 nitrogen and oxygen atoms in total. The predicted molar refractivity (Wildman–Crippen MR) is 74.2 cm³/mol. The number of halogens is 1. The van der Waals surface area contributed by atoms with Crippen molar-refractivity contribution in [2.45, 2.75) is 19.0 Å². The first kappa shape index (κ1) is 13.7. The summed E-state index contributed by atoms with van der Waals surface area (Å²) in [5.74, 6) is -0.641. The molecule has 0 aliphatic carbocycles. The maximum Gasteiger partial charge on any atom is 0.242 e. The number of thiophene rings is 1.